The van der Waals surface area contributed by atoms with Gasteiger partial charge in [0, 0.05) is 39.3 Å². The van der Waals surface area contributed by atoms with Crippen LogP contribution < -0.4 is 5.32 Å². The van der Waals surface area contributed by atoms with Crippen LogP contribution in [0.25, 0.3) is 0 Å². The normalized spacial score (nSPS) is 21.7. The minimum Gasteiger partial charge on any atom is -0.379 e. The number of rotatable bonds is 9. The molecule has 1 amide bonds. The second-order valence-electron chi connectivity index (χ2n) is 7.85. The van der Waals surface area contributed by atoms with Crippen molar-refractivity contribution in [3.63, 3.8) is 0 Å². The summed E-state index contributed by atoms with van der Waals surface area (Å²) in [4.78, 5) is 14.8. The van der Waals surface area contributed by atoms with E-state index in [4.69, 9.17) is 4.74 Å². The summed E-state index contributed by atoms with van der Waals surface area (Å²) in [6, 6.07) is 9.93. The van der Waals surface area contributed by atoms with Crippen LogP contribution in [-0.4, -0.2) is 81.8 Å². The lowest BCUT2D eigenvalue weighted by Crippen LogP contribution is -2.47. The number of nitrogens with zero attached hydrogens (tertiary/aromatic N) is 2. The number of carbonyl (C=O) groups is 1. The number of nitrogens with one attached hydrogen (secondary N) is 1. The Morgan fingerprint density at radius 1 is 1.14 bits per heavy atom. The van der Waals surface area contributed by atoms with Crippen LogP contribution >= 0.6 is 0 Å². The van der Waals surface area contributed by atoms with Crippen LogP contribution in [0.3, 0.4) is 0 Å². The number of ether oxygens (including phenoxy) is 1. The molecule has 2 aliphatic heterocycles. The summed E-state index contributed by atoms with van der Waals surface area (Å²) < 4.78 is 32.3. The third-order valence-electron chi connectivity index (χ3n) is 5.69. The van der Waals surface area contributed by atoms with E-state index in [0.717, 1.165) is 57.7 Å². The van der Waals surface area contributed by atoms with Gasteiger partial charge in [-0.05, 0) is 31.2 Å². The predicted octanol–water partition coefficient (Wildman–Crippen LogP) is 1.11. The van der Waals surface area contributed by atoms with Crippen LogP contribution in [0.15, 0.2) is 30.3 Å². The first-order valence-corrected chi connectivity index (χ1v) is 12.2. The molecule has 0 aliphatic carbocycles. The van der Waals surface area contributed by atoms with Crippen molar-refractivity contribution in [1.82, 2.24) is 14.5 Å². The topological polar surface area (TPSA) is 79.0 Å². The molecule has 0 spiro atoms. The lowest BCUT2D eigenvalue weighted by molar-refractivity contribution is -0.126. The van der Waals surface area contributed by atoms with Gasteiger partial charge in [-0.3, -0.25) is 9.69 Å². The van der Waals surface area contributed by atoms with E-state index in [9.17, 15) is 13.2 Å². The zero-order chi connectivity index (χ0) is 20.5. The number of hydrogen-bond donors (Lipinski definition) is 1. The highest BCUT2D eigenvalue weighted by Crippen LogP contribution is 2.20. The number of morpholine rings is 1. The van der Waals surface area contributed by atoms with E-state index in [1.165, 1.54) is 4.31 Å². The number of benzene rings is 1. The lowest BCUT2D eigenvalue weighted by atomic mass is 9.99. The van der Waals surface area contributed by atoms with Gasteiger partial charge in [-0.2, -0.15) is 0 Å². The van der Waals surface area contributed by atoms with Crippen LogP contribution in [0.2, 0.25) is 0 Å². The highest BCUT2D eigenvalue weighted by molar-refractivity contribution is 7.89. The van der Waals surface area contributed by atoms with E-state index in [1.807, 2.05) is 30.3 Å². The maximum Gasteiger partial charge on any atom is 0.224 e. The van der Waals surface area contributed by atoms with Crippen LogP contribution in [0.1, 0.15) is 24.8 Å². The Hall–Kier alpha value is -1.48. The summed E-state index contributed by atoms with van der Waals surface area (Å²) in [6.45, 7) is 5.51. The smallest absolute Gasteiger partial charge is 0.224 e. The summed E-state index contributed by atoms with van der Waals surface area (Å²) in [6.07, 6.45) is 2.83. The Labute approximate surface area is 174 Å². The minimum atomic E-state index is -3.33. The van der Waals surface area contributed by atoms with Crippen molar-refractivity contribution in [2.75, 3.05) is 58.2 Å². The van der Waals surface area contributed by atoms with Gasteiger partial charge in [-0.1, -0.05) is 30.3 Å². The zero-order valence-corrected chi connectivity index (χ0v) is 17.9. The number of piperidine rings is 1. The highest BCUT2D eigenvalue weighted by Gasteiger charge is 2.31. The highest BCUT2D eigenvalue weighted by atomic mass is 32.2. The molecule has 0 radical (unpaired) electrons. The maximum atomic E-state index is 12.7. The molecule has 0 bridgehead atoms. The summed E-state index contributed by atoms with van der Waals surface area (Å²) >= 11 is 0. The van der Waals surface area contributed by atoms with Crippen LogP contribution in [0, 0.1) is 5.92 Å². The van der Waals surface area contributed by atoms with Crippen LogP contribution in [0.5, 0.6) is 0 Å². The van der Waals surface area contributed by atoms with Gasteiger partial charge in [0.2, 0.25) is 15.9 Å². The molecule has 2 heterocycles. The molecule has 1 N–H and O–H groups in total. The van der Waals surface area contributed by atoms with Crippen LogP contribution in [-0.2, 0) is 26.0 Å². The Bertz CT molecular complexity index is 736. The fraction of sp³-hybridized carbons (Fsp3) is 0.667. The molecule has 1 aromatic rings. The van der Waals surface area contributed by atoms with E-state index >= 15 is 0 Å². The van der Waals surface area contributed by atoms with Gasteiger partial charge in [0.1, 0.15) is 0 Å². The van der Waals surface area contributed by atoms with Gasteiger partial charge >= 0.3 is 0 Å². The standard InChI is InChI=1S/C21H33N3O4S/c25-21(22-10-12-23-13-15-28-16-14-23)20-9-4-11-24(18-20)29(26,27)17-5-8-19-6-2-1-3-7-19/h1-3,6-7,20H,4-5,8-18H2,(H,22,25)/t20-/m1/s1. The third-order valence-corrected chi connectivity index (χ3v) is 7.61. The molecule has 2 saturated heterocycles. The molecule has 1 atom stereocenters. The van der Waals surface area contributed by atoms with Gasteiger partial charge in [0.25, 0.3) is 0 Å². The maximum absolute atomic E-state index is 12.7. The first kappa shape index (κ1) is 22.2. The van der Waals surface area contributed by atoms with Gasteiger partial charge in [-0.15, -0.1) is 0 Å². The molecule has 8 heteroatoms. The molecule has 1 aromatic carbocycles. The Morgan fingerprint density at radius 2 is 1.90 bits per heavy atom. The summed E-state index contributed by atoms with van der Waals surface area (Å²) in [5.41, 5.74) is 1.15. The number of carbonyl (C=O) groups excluding carboxylic acids is 1. The molecule has 7 nitrogen and oxygen atoms in total. The largest absolute Gasteiger partial charge is 0.379 e. The van der Waals surface area contributed by atoms with Crippen molar-refractivity contribution < 1.29 is 17.9 Å². The molecule has 162 valence electrons. The summed E-state index contributed by atoms with van der Waals surface area (Å²) in [5, 5.41) is 2.99. The van der Waals surface area contributed by atoms with Gasteiger partial charge in [0.15, 0.2) is 0 Å². The summed E-state index contributed by atoms with van der Waals surface area (Å²) in [7, 11) is -3.33. The first-order valence-electron chi connectivity index (χ1n) is 10.6. The van der Waals surface area contributed by atoms with Gasteiger partial charge in [0.05, 0.1) is 24.9 Å². The molecule has 0 saturated carbocycles. The summed E-state index contributed by atoms with van der Waals surface area (Å²) in [5.74, 6) is -0.146. The Kier molecular flexibility index (Phi) is 8.47. The Morgan fingerprint density at radius 3 is 2.66 bits per heavy atom. The molecule has 2 fully saturated rings. The molecule has 2 aliphatic rings. The number of amides is 1. The molecule has 3 rings (SSSR count). The molecular weight excluding hydrogens is 390 g/mol. The molecule has 0 unspecified atom stereocenters. The minimum absolute atomic E-state index is 0.0255. The number of sulfonamides is 1. The lowest BCUT2D eigenvalue weighted by Gasteiger charge is -2.31. The van der Waals surface area contributed by atoms with Crippen molar-refractivity contribution >= 4 is 15.9 Å². The van der Waals surface area contributed by atoms with Crippen molar-refractivity contribution in [2.45, 2.75) is 25.7 Å². The van der Waals surface area contributed by atoms with Crippen molar-refractivity contribution in [1.29, 1.82) is 0 Å². The second-order valence-corrected chi connectivity index (χ2v) is 9.94. The fourth-order valence-electron chi connectivity index (χ4n) is 3.95. The molecular formula is C21H33N3O4S. The van der Waals surface area contributed by atoms with E-state index in [0.29, 0.717) is 26.1 Å². The fourth-order valence-corrected chi connectivity index (χ4v) is 5.53. The SMILES string of the molecule is O=C(NCCN1CCOCC1)[C@@H]1CCCN(S(=O)(=O)CCCc2ccccc2)C1. The van der Waals surface area contributed by atoms with Crippen molar-refractivity contribution in [3.8, 4) is 0 Å². The number of aryl methyl sites for hydroxylation is 1. The predicted molar refractivity (Wildman–Crippen MR) is 113 cm³/mol. The van der Waals surface area contributed by atoms with Crippen molar-refractivity contribution in [2.24, 2.45) is 5.92 Å². The zero-order valence-electron chi connectivity index (χ0n) is 17.1. The van der Waals surface area contributed by atoms with Crippen molar-refractivity contribution in [3.05, 3.63) is 35.9 Å². The van der Waals surface area contributed by atoms with Crippen LogP contribution in [0.4, 0.5) is 0 Å². The first-order chi connectivity index (χ1) is 14.0. The van der Waals surface area contributed by atoms with E-state index < -0.39 is 10.0 Å². The van der Waals surface area contributed by atoms with E-state index in [1.54, 1.807) is 0 Å². The third kappa shape index (κ3) is 7.06. The quantitative estimate of drug-likeness (QED) is 0.644. The van der Waals surface area contributed by atoms with Gasteiger partial charge in [-0.25, -0.2) is 12.7 Å². The number of hydrogen-bond acceptors (Lipinski definition) is 5. The average molecular weight is 424 g/mol. The Balaban J connectivity index is 1.41. The second kappa shape index (κ2) is 11.1. The van der Waals surface area contributed by atoms with E-state index in [-0.39, 0.29) is 17.6 Å². The van der Waals surface area contributed by atoms with Gasteiger partial charge < -0.3 is 10.1 Å². The molecule has 29 heavy (non-hydrogen) atoms. The van der Waals surface area contributed by atoms with E-state index in [2.05, 4.69) is 10.2 Å². The average Bonchev–Trinajstić information content (AvgIpc) is 2.75. The monoisotopic (exact) mass is 423 g/mol. The molecule has 0 aromatic heterocycles.